The lowest BCUT2D eigenvalue weighted by atomic mass is 9.85. The third-order valence-electron chi connectivity index (χ3n) is 4.30. The Hall–Kier alpha value is -2.53. The summed E-state index contributed by atoms with van der Waals surface area (Å²) in [5, 5.41) is 20.2. The molecule has 2 aromatic rings. The molecule has 0 atom stereocenters. The lowest BCUT2D eigenvalue weighted by Gasteiger charge is -2.23. The van der Waals surface area contributed by atoms with E-state index in [1.165, 1.54) is 7.11 Å². The topological polar surface area (TPSA) is 70.0 Å². The number of aromatic hydroxyl groups is 2. The van der Waals surface area contributed by atoms with E-state index in [9.17, 15) is 15.0 Å². The average molecular weight is 357 g/mol. The van der Waals surface area contributed by atoms with Crippen molar-refractivity contribution in [2.24, 2.45) is 0 Å². The lowest BCUT2D eigenvalue weighted by Crippen LogP contribution is -2.18. The normalized spacial score (nSPS) is 11.6. The van der Waals surface area contributed by atoms with E-state index < -0.39 is 0 Å². The largest absolute Gasteiger partial charge is 0.504 e. The van der Waals surface area contributed by atoms with Gasteiger partial charge in [0.15, 0.2) is 11.5 Å². The summed E-state index contributed by atoms with van der Waals surface area (Å²) in [6, 6.07) is 10.8. The van der Waals surface area contributed by atoms with E-state index in [4.69, 9.17) is 4.74 Å². The molecule has 0 aliphatic heterocycles. The number of phenols is 2. The fourth-order valence-corrected chi connectivity index (χ4v) is 2.75. The first-order chi connectivity index (χ1) is 12.1. The van der Waals surface area contributed by atoms with Crippen LogP contribution in [0.1, 0.15) is 47.8 Å². The molecule has 0 bridgehead atoms. The van der Waals surface area contributed by atoms with Gasteiger partial charge in [0.05, 0.1) is 12.7 Å². The van der Waals surface area contributed by atoms with Crippen LogP contribution in [0.5, 0.6) is 11.5 Å². The zero-order chi connectivity index (χ0) is 19.5. The highest BCUT2D eigenvalue weighted by Crippen LogP contribution is 2.35. The first-order valence-corrected chi connectivity index (χ1v) is 8.53. The Balaban J connectivity index is 2.13. The van der Waals surface area contributed by atoms with E-state index >= 15 is 0 Å². The molecule has 0 heterocycles. The van der Waals surface area contributed by atoms with Crippen molar-refractivity contribution in [3.63, 3.8) is 0 Å². The van der Waals surface area contributed by atoms with Crippen molar-refractivity contribution in [3.05, 3.63) is 58.7 Å². The zero-order valence-corrected chi connectivity index (χ0v) is 16.0. The van der Waals surface area contributed by atoms with Crippen molar-refractivity contribution in [2.45, 2.75) is 39.3 Å². The fourth-order valence-electron chi connectivity index (χ4n) is 2.75. The van der Waals surface area contributed by atoms with Gasteiger partial charge in [0.2, 0.25) is 0 Å². The number of carbonyl (C=O) groups is 1. The second-order valence-electron chi connectivity index (χ2n) is 7.61. The Kier molecular flexibility index (Phi) is 5.93. The minimum absolute atomic E-state index is 0.0779. The number of nitrogens with zero attached hydrogens (tertiary/aromatic N) is 1. The van der Waals surface area contributed by atoms with E-state index in [0.717, 1.165) is 11.1 Å². The Morgan fingerprint density at radius 1 is 1.08 bits per heavy atom. The van der Waals surface area contributed by atoms with Crippen LogP contribution < -0.4 is 0 Å². The van der Waals surface area contributed by atoms with Gasteiger partial charge in [-0.3, -0.25) is 4.90 Å². The monoisotopic (exact) mass is 357 g/mol. The molecule has 0 saturated heterocycles. The summed E-state index contributed by atoms with van der Waals surface area (Å²) in [5.41, 5.74) is 3.08. The zero-order valence-electron chi connectivity index (χ0n) is 16.0. The summed E-state index contributed by atoms with van der Waals surface area (Å²) in [6.45, 7) is 7.32. The van der Waals surface area contributed by atoms with Crippen molar-refractivity contribution < 1.29 is 19.7 Å². The molecule has 26 heavy (non-hydrogen) atoms. The summed E-state index contributed by atoms with van der Waals surface area (Å²) in [6.07, 6.45) is 0. The maximum atomic E-state index is 11.5. The molecule has 140 valence electrons. The Bertz CT molecular complexity index is 776. The van der Waals surface area contributed by atoms with Crippen LogP contribution in [0.25, 0.3) is 0 Å². The molecule has 0 radical (unpaired) electrons. The molecule has 5 nitrogen and oxygen atoms in total. The number of carbonyl (C=O) groups excluding carboxylic acids is 1. The van der Waals surface area contributed by atoms with Gasteiger partial charge in [0.25, 0.3) is 0 Å². The van der Waals surface area contributed by atoms with Gasteiger partial charge in [-0.05, 0) is 41.8 Å². The number of rotatable bonds is 5. The van der Waals surface area contributed by atoms with Crippen LogP contribution in [0.2, 0.25) is 0 Å². The van der Waals surface area contributed by atoms with Crippen LogP contribution in [-0.2, 0) is 23.2 Å². The molecule has 2 rings (SSSR count). The molecule has 0 saturated carbocycles. The van der Waals surface area contributed by atoms with E-state index in [2.05, 4.69) is 20.8 Å². The molecular formula is C21H27NO4. The Labute approximate surface area is 154 Å². The summed E-state index contributed by atoms with van der Waals surface area (Å²) in [7, 11) is 3.30. The number of esters is 1. The average Bonchev–Trinajstić information content (AvgIpc) is 2.57. The number of benzene rings is 2. The Morgan fingerprint density at radius 3 is 2.23 bits per heavy atom. The lowest BCUT2D eigenvalue weighted by molar-refractivity contribution is 0.0600. The molecule has 0 fully saturated rings. The molecule has 0 aromatic heterocycles. The van der Waals surface area contributed by atoms with E-state index in [1.54, 1.807) is 18.2 Å². The van der Waals surface area contributed by atoms with Gasteiger partial charge in [0, 0.05) is 18.7 Å². The van der Waals surface area contributed by atoms with Crippen LogP contribution in [0, 0.1) is 0 Å². The van der Waals surface area contributed by atoms with Gasteiger partial charge in [-0.25, -0.2) is 4.79 Å². The first-order valence-electron chi connectivity index (χ1n) is 8.53. The SMILES string of the molecule is COC(=O)c1ccc(CN(C)Cc2cc(C(C)(C)C)cc(O)c2O)cc1. The van der Waals surface area contributed by atoms with Crippen LogP contribution in [0.15, 0.2) is 36.4 Å². The van der Waals surface area contributed by atoms with Crippen LogP contribution in [0.4, 0.5) is 0 Å². The Morgan fingerprint density at radius 2 is 1.69 bits per heavy atom. The standard InChI is InChI=1S/C21H27NO4/c1-21(2,3)17-10-16(19(24)18(23)11-17)13-22(4)12-14-6-8-15(9-7-14)20(25)26-5/h6-11,23-24H,12-13H2,1-5H3. The first kappa shape index (κ1) is 19.8. The molecule has 0 amide bonds. The quantitative estimate of drug-likeness (QED) is 0.629. The minimum Gasteiger partial charge on any atom is -0.504 e. The number of phenolic OH excluding ortho intramolecular Hbond substituents is 2. The smallest absolute Gasteiger partial charge is 0.337 e. The van der Waals surface area contributed by atoms with E-state index in [0.29, 0.717) is 24.2 Å². The summed E-state index contributed by atoms with van der Waals surface area (Å²) in [4.78, 5) is 13.5. The van der Waals surface area contributed by atoms with Crippen molar-refractivity contribution >= 4 is 5.97 Å². The van der Waals surface area contributed by atoms with Crippen molar-refractivity contribution in [3.8, 4) is 11.5 Å². The van der Waals surface area contributed by atoms with Gasteiger partial charge in [-0.1, -0.05) is 39.0 Å². The molecule has 0 aliphatic rings. The highest BCUT2D eigenvalue weighted by molar-refractivity contribution is 5.89. The number of hydrogen-bond donors (Lipinski definition) is 2. The van der Waals surface area contributed by atoms with Gasteiger partial charge in [-0.2, -0.15) is 0 Å². The summed E-state index contributed by atoms with van der Waals surface area (Å²) >= 11 is 0. The predicted molar refractivity (Wildman–Crippen MR) is 101 cm³/mol. The molecule has 2 N–H and O–H groups in total. The maximum absolute atomic E-state index is 11.5. The third kappa shape index (κ3) is 4.76. The predicted octanol–water partition coefficient (Wildman–Crippen LogP) is 3.81. The summed E-state index contributed by atoms with van der Waals surface area (Å²) < 4.78 is 4.70. The van der Waals surface area contributed by atoms with Crippen molar-refractivity contribution in [2.75, 3.05) is 14.2 Å². The third-order valence-corrected chi connectivity index (χ3v) is 4.30. The van der Waals surface area contributed by atoms with E-state index in [-0.39, 0.29) is 22.9 Å². The van der Waals surface area contributed by atoms with Gasteiger partial charge in [-0.15, -0.1) is 0 Å². The second-order valence-corrected chi connectivity index (χ2v) is 7.61. The van der Waals surface area contributed by atoms with Crippen LogP contribution in [0.3, 0.4) is 0 Å². The summed E-state index contributed by atoms with van der Waals surface area (Å²) in [5.74, 6) is -0.529. The number of methoxy groups -OCH3 is 1. The number of hydrogen-bond acceptors (Lipinski definition) is 5. The molecule has 0 aliphatic carbocycles. The maximum Gasteiger partial charge on any atom is 0.337 e. The second kappa shape index (κ2) is 7.79. The molecule has 2 aromatic carbocycles. The highest BCUT2D eigenvalue weighted by atomic mass is 16.5. The molecular weight excluding hydrogens is 330 g/mol. The minimum atomic E-state index is -0.357. The van der Waals surface area contributed by atoms with Crippen molar-refractivity contribution in [1.82, 2.24) is 4.90 Å². The molecule has 0 spiro atoms. The van der Waals surface area contributed by atoms with Gasteiger partial charge < -0.3 is 14.9 Å². The van der Waals surface area contributed by atoms with Gasteiger partial charge in [0.1, 0.15) is 0 Å². The molecule has 5 heteroatoms. The number of ether oxygens (including phenoxy) is 1. The highest BCUT2D eigenvalue weighted by Gasteiger charge is 2.19. The van der Waals surface area contributed by atoms with E-state index in [1.807, 2.05) is 30.1 Å². The fraction of sp³-hybridized carbons (Fsp3) is 0.381. The van der Waals surface area contributed by atoms with Crippen LogP contribution in [-0.4, -0.2) is 35.2 Å². The van der Waals surface area contributed by atoms with Crippen molar-refractivity contribution in [1.29, 1.82) is 0 Å². The molecule has 0 unspecified atom stereocenters. The van der Waals surface area contributed by atoms with Crippen LogP contribution >= 0.6 is 0 Å². The van der Waals surface area contributed by atoms with Gasteiger partial charge >= 0.3 is 5.97 Å².